The van der Waals surface area contributed by atoms with E-state index in [0.717, 1.165) is 0 Å². The zero-order chi connectivity index (χ0) is 26.7. The van der Waals surface area contributed by atoms with Crippen molar-refractivity contribution in [2.75, 3.05) is 11.5 Å². The zero-order valence-corrected chi connectivity index (χ0v) is 20.7. The van der Waals surface area contributed by atoms with Gasteiger partial charge in [-0.2, -0.15) is 5.26 Å². The standard InChI is InChI=1S/C28H21ClN2O6/c1-3-36-23-14-19(8-13-22(23)29)26(33)24-25(18-6-11-21(12-7-18)37-16(2)32)31(28(35)27(24)34)20-9-4-17(15-30)5-10-20/h4-14,25,33H,3H2,1-2H3/b26-24-. The number of nitrogens with zero attached hydrogens (tertiary/aromatic N) is 2. The molecule has 1 aliphatic rings. The number of carbonyl (C=O) groups is 3. The zero-order valence-electron chi connectivity index (χ0n) is 19.9. The number of ether oxygens (including phenoxy) is 2. The van der Waals surface area contributed by atoms with Crippen molar-refractivity contribution in [2.24, 2.45) is 0 Å². The fraction of sp³-hybridized carbons (Fsp3) is 0.143. The molecule has 37 heavy (non-hydrogen) atoms. The molecule has 0 spiro atoms. The van der Waals surface area contributed by atoms with Gasteiger partial charge in [-0.25, -0.2) is 0 Å². The lowest BCUT2D eigenvalue weighted by atomic mass is 9.95. The minimum Gasteiger partial charge on any atom is -0.507 e. The van der Waals surface area contributed by atoms with Crippen LogP contribution in [0.2, 0.25) is 5.02 Å². The van der Waals surface area contributed by atoms with Gasteiger partial charge in [0.05, 0.1) is 34.9 Å². The molecule has 0 saturated carbocycles. The summed E-state index contributed by atoms with van der Waals surface area (Å²) in [5.41, 5.74) is 1.33. The molecule has 3 aromatic rings. The van der Waals surface area contributed by atoms with Crippen LogP contribution >= 0.6 is 11.6 Å². The second-order valence-corrected chi connectivity index (χ2v) is 8.48. The highest BCUT2D eigenvalue weighted by atomic mass is 35.5. The number of aliphatic hydroxyl groups excluding tert-OH is 1. The third kappa shape index (κ3) is 5.03. The van der Waals surface area contributed by atoms with Crippen molar-refractivity contribution in [1.82, 2.24) is 0 Å². The molecule has 186 valence electrons. The summed E-state index contributed by atoms with van der Waals surface area (Å²) in [6.45, 7) is 3.39. The van der Waals surface area contributed by atoms with Gasteiger partial charge in [0.25, 0.3) is 11.7 Å². The van der Waals surface area contributed by atoms with Crippen LogP contribution in [0.1, 0.15) is 36.6 Å². The monoisotopic (exact) mass is 516 g/mol. The number of carbonyl (C=O) groups excluding carboxylic acids is 3. The highest BCUT2D eigenvalue weighted by molar-refractivity contribution is 6.51. The maximum absolute atomic E-state index is 13.3. The summed E-state index contributed by atoms with van der Waals surface area (Å²) in [5.74, 6) is -2.03. The molecule has 1 atom stereocenters. The number of Topliss-reactive ketones (excluding diaryl/α,β-unsaturated/α-hetero) is 1. The van der Waals surface area contributed by atoms with Crippen molar-refractivity contribution in [3.63, 3.8) is 0 Å². The molecule has 8 nitrogen and oxygen atoms in total. The van der Waals surface area contributed by atoms with Gasteiger partial charge in [0.1, 0.15) is 17.3 Å². The summed E-state index contributed by atoms with van der Waals surface area (Å²) in [7, 11) is 0. The van der Waals surface area contributed by atoms with E-state index in [-0.39, 0.29) is 16.9 Å². The van der Waals surface area contributed by atoms with Crippen molar-refractivity contribution >= 4 is 40.7 Å². The summed E-state index contributed by atoms with van der Waals surface area (Å²) >= 11 is 6.18. The van der Waals surface area contributed by atoms with Gasteiger partial charge in [0.15, 0.2) is 0 Å². The maximum Gasteiger partial charge on any atom is 0.308 e. The Morgan fingerprint density at radius 3 is 2.35 bits per heavy atom. The Kier molecular flexibility index (Phi) is 7.27. The van der Waals surface area contributed by atoms with Gasteiger partial charge < -0.3 is 14.6 Å². The van der Waals surface area contributed by atoms with E-state index in [0.29, 0.717) is 34.2 Å². The van der Waals surface area contributed by atoms with Gasteiger partial charge in [-0.1, -0.05) is 23.7 Å². The molecule has 1 aliphatic heterocycles. The molecule has 0 bridgehead atoms. The topological polar surface area (TPSA) is 117 Å². The Labute approximate surface area is 217 Å². The number of hydrogen-bond donors (Lipinski definition) is 1. The van der Waals surface area contributed by atoms with Crippen LogP contribution in [0, 0.1) is 11.3 Å². The molecule has 1 heterocycles. The van der Waals surface area contributed by atoms with Gasteiger partial charge >= 0.3 is 5.97 Å². The van der Waals surface area contributed by atoms with E-state index in [2.05, 4.69) is 0 Å². The van der Waals surface area contributed by atoms with Gasteiger partial charge in [-0.15, -0.1) is 0 Å². The quantitative estimate of drug-likeness (QED) is 0.158. The van der Waals surface area contributed by atoms with Gasteiger partial charge in [0.2, 0.25) is 0 Å². The lowest BCUT2D eigenvalue weighted by Crippen LogP contribution is -2.29. The molecule has 4 rings (SSSR count). The second kappa shape index (κ2) is 10.6. The van der Waals surface area contributed by atoms with Gasteiger partial charge in [-0.3, -0.25) is 19.3 Å². The number of aliphatic hydroxyl groups is 1. The third-order valence-corrected chi connectivity index (χ3v) is 5.99. The fourth-order valence-electron chi connectivity index (χ4n) is 4.07. The predicted octanol–water partition coefficient (Wildman–Crippen LogP) is 5.16. The van der Waals surface area contributed by atoms with Crippen molar-refractivity contribution in [1.29, 1.82) is 5.26 Å². The molecular formula is C28H21ClN2O6. The minimum atomic E-state index is -1.01. The first-order valence-corrected chi connectivity index (χ1v) is 11.6. The molecular weight excluding hydrogens is 496 g/mol. The van der Waals surface area contributed by atoms with E-state index in [1.54, 1.807) is 31.2 Å². The summed E-state index contributed by atoms with van der Waals surface area (Å²) in [5, 5.41) is 20.8. The number of nitriles is 1. The Hall–Kier alpha value is -4.61. The smallest absolute Gasteiger partial charge is 0.308 e. The molecule has 9 heteroatoms. The van der Waals surface area contributed by atoms with Crippen molar-refractivity contribution in [2.45, 2.75) is 19.9 Å². The van der Waals surface area contributed by atoms with Crippen LogP contribution in [-0.2, 0) is 14.4 Å². The number of ketones is 1. The lowest BCUT2D eigenvalue weighted by Gasteiger charge is -2.25. The van der Waals surface area contributed by atoms with Crippen LogP contribution in [0.4, 0.5) is 5.69 Å². The van der Waals surface area contributed by atoms with E-state index in [4.69, 9.17) is 26.3 Å². The number of halogens is 1. The van der Waals surface area contributed by atoms with Crippen LogP contribution in [0.25, 0.3) is 5.76 Å². The fourth-order valence-corrected chi connectivity index (χ4v) is 4.24. The minimum absolute atomic E-state index is 0.139. The number of rotatable bonds is 6. The van der Waals surface area contributed by atoms with E-state index in [1.165, 1.54) is 54.3 Å². The Bertz CT molecular complexity index is 1460. The van der Waals surface area contributed by atoms with E-state index in [9.17, 15) is 19.5 Å². The molecule has 3 aromatic carbocycles. The lowest BCUT2D eigenvalue weighted by molar-refractivity contribution is -0.132. The van der Waals surface area contributed by atoms with Crippen LogP contribution < -0.4 is 14.4 Å². The van der Waals surface area contributed by atoms with E-state index < -0.39 is 29.5 Å². The van der Waals surface area contributed by atoms with Gasteiger partial charge in [-0.05, 0) is 67.1 Å². The summed E-state index contributed by atoms with van der Waals surface area (Å²) in [4.78, 5) is 39.2. The number of hydrogen-bond acceptors (Lipinski definition) is 7. The summed E-state index contributed by atoms with van der Waals surface area (Å²) in [6, 6.07) is 18.0. The predicted molar refractivity (Wildman–Crippen MR) is 136 cm³/mol. The highest BCUT2D eigenvalue weighted by Gasteiger charge is 2.47. The largest absolute Gasteiger partial charge is 0.507 e. The third-order valence-electron chi connectivity index (χ3n) is 5.68. The van der Waals surface area contributed by atoms with Gasteiger partial charge in [0, 0.05) is 18.2 Å². The molecule has 0 aromatic heterocycles. The Balaban J connectivity index is 1.90. The Morgan fingerprint density at radius 2 is 1.76 bits per heavy atom. The first kappa shape index (κ1) is 25.5. The molecule has 0 radical (unpaired) electrons. The van der Waals surface area contributed by atoms with Crippen molar-refractivity contribution in [3.05, 3.63) is 94.0 Å². The number of amides is 1. The molecule has 0 aliphatic carbocycles. The normalized spacial score (nSPS) is 16.4. The van der Waals surface area contributed by atoms with Crippen LogP contribution in [0.15, 0.2) is 72.3 Å². The molecule has 1 fully saturated rings. The molecule has 1 unspecified atom stereocenters. The SMILES string of the molecule is CCOc1cc(/C(O)=C2/C(=O)C(=O)N(c3ccc(C#N)cc3)C2c2ccc(OC(C)=O)cc2)ccc1Cl. The molecule has 1 N–H and O–H groups in total. The number of esters is 1. The number of benzene rings is 3. The molecule has 1 saturated heterocycles. The van der Waals surface area contributed by atoms with E-state index >= 15 is 0 Å². The van der Waals surface area contributed by atoms with Crippen molar-refractivity contribution < 1.29 is 29.0 Å². The highest BCUT2D eigenvalue weighted by Crippen LogP contribution is 2.43. The first-order valence-electron chi connectivity index (χ1n) is 11.3. The van der Waals surface area contributed by atoms with Crippen LogP contribution in [0.3, 0.4) is 0 Å². The second-order valence-electron chi connectivity index (χ2n) is 8.07. The first-order chi connectivity index (χ1) is 17.7. The Morgan fingerprint density at radius 1 is 1.08 bits per heavy atom. The average molecular weight is 517 g/mol. The van der Waals surface area contributed by atoms with Crippen molar-refractivity contribution in [3.8, 4) is 17.6 Å². The maximum atomic E-state index is 13.3. The summed E-state index contributed by atoms with van der Waals surface area (Å²) < 4.78 is 10.6. The average Bonchev–Trinajstić information content (AvgIpc) is 3.15. The number of anilines is 1. The van der Waals surface area contributed by atoms with Crippen LogP contribution in [-0.4, -0.2) is 29.4 Å². The molecule has 1 amide bonds. The van der Waals surface area contributed by atoms with Crippen LogP contribution in [0.5, 0.6) is 11.5 Å². The van der Waals surface area contributed by atoms with E-state index in [1.807, 2.05) is 6.07 Å². The summed E-state index contributed by atoms with van der Waals surface area (Å²) in [6.07, 6.45) is 0.